The Bertz CT molecular complexity index is 1380. The predicted molar refractivity (Wildman–Crippen MR) is 130 cm³/mol. The first-order chi connectivity index (χ1) is 15.5. The zero-order chi connectivity index (χ0) is 24.0. The first-order valence-electron chi connectivity index (χ1n) is 10.2. The van der Waals surface area contributed by atoms with Crippen LogP contribution in [0, 0.1) is 20.8 Å². The Morgan fingerprint density at radius 3 is 2.39 bits per heavy atom. The van der Waals surface area contributed by atoms with Crippen LogP contribution in [0.1, 0.15) is 29.3 Å². The second-order valence-corrected chi connectivity index (χ2v) is 10.8. The fraction of sp³-hybridized carbons (Fsp3) is 0.261. The maximum absolute atomic E-state index is 11.5. The first kappa shape index (κ1) is 23.1. The van der Waals surface area contributed by atoms with E-state index in [1.807, 2.05) is 45.0 Å². The molecule has 4 rings (SSSR count). The van der Waals surface area contributed by atoms with Gasteiger partial charge in [0, 0.05) is 11.0 Å². The van der Waals surface area contributed by atoms with Crippen molar-refractivity contribution in [3.05, 3.63) is 71.0 Å². The third-order valence-electron chi connectivity index (χ3n) is 5.89. The number of pyridine rings is 1. The van der Waals surface area contributed by atoms with Gasteiger partial charge >= 0.3 is 0 Å². The van der Waals surface area contributed by atoms with E-state index < -0.39 is 20.8 Å². The van der Waals surface area contributed by atoms with E-state index in [2.05, 4.69) is 20.5 Å². The molecule has 3 aromatic rings. The molecule has 0 aliphatic heterocycles. The van der Waals surface area contributed by atoms with Gasteiger partial charge in [0.1, 0.15) is 21.8 Å². The summed E-state index contributed by atoms with van der Waals surface area (Å²) in [6.07, 6.45) is 6.53. The van der Waals surface area contributed by atoms with E-state index in [0.29, 0.717) is 21.7 Å². The lowest BCUT2D eigenvalue weighted by Gasteiger charge is -2.28. The predicted octanol–water partition coefficient (Wildman–Crippen LogP) is 4.61. The highest BCUT2D eigenvalue weighted by Gasteiger charge is 2.30. The lowest BCUT2D eigenvalue weighted by Crippen LogP contribution is -2.25. The van der Waals surface area contributed by atoms with Crippen LogP contribution < -0.4 is 5.32 Å². The van der Waals surface area contributed by atoms with Gasteiger partial charge in [-0.05, 0) is 44.4 Å². The molecular formula is C23H24N4O4S2. The molecule has 0 saturated carbocycles. The summed E-state index contributed by atoms with van der Waals surface area (Å²) in [6, 6.07) is 7.73. The highest BCUT2D eigenvalue weighted by atomic mass is 32.2. The smallest absolute Gasteiger partial charge is 0.275 e. The largest absolute Gasteiger partial charge is 0.506 e. The third-order valence-corrected chi connectivity index (χ3v) is 7.77. The zero-order valence-electron chi connectivity index (χ0n) is 18.6. The molecule has 172 valence electrons. The van der Waals surface area contributed by atoms with E-state index >= 15 is 0 Å². The maximum atomic E-state index is 11.5. The van der Waals surface area contributed by atoms with E-state index in [1.54, 1.807) is 19.1 Å². The fourth-order valence-electron chi connectivity index (χ4n) is 3.76. The monoisotopic (exact) mass is 484 g/mol. The van der Waals surface area contributed by atoms with Gasteiger partial charge in [-0.2, -0.15) is 8.42 Å². The number of hydrogen-bond acceptors (Lipinski definition) is 8. The minimum atomic E-state index is -4.18. The van der Waals surface area contributed by atoms with Crippen LogP contribution in [-0.4, -0.2) is 38.5 Å². The third kappa shape index (κ3) is 4.41. The number of aryl methyl sites for hydroxylation is 1. The van der Waals surface area contributed by atoms with Gasteiger partial charge in [-0.15, -0.1) is 10.2 Å². The standard InChI is InChI=1S/C23H24N4O4S2/c1-13-14(2)20(24-15(3)19(13)28)25-22-27-26-21(32-22)17-7-5-6-8-18(17)23(4)11-9-16(10-12-23)33(29,30)31/h5-12,16,28H,1-4H3,(H,24,25,27)(H,29,30,31). The van der Waals surface area contributed by atoms with Crippen LogP contribution in [0.15, 0.2) is 48.6 Å². The summed E-state index contributed by atoms with van der Waals surface area (Å²) in [5.74, 6) is 0.795. The molecule has 0 atom stereocenters. The van der Waals surface area contributed by atoms with Crippen LogP contribution in [0.5, 0.6) is 5.75 Å². The number of nitrogens with zero attached hydrogens (tertiary/aromatic N) is 3. The Morgan fingerprint density at radius 1 is 1.06 bits per heavy atom. The molecule has 0 radical (unpaired) electrons. The van der Waals surface area contributed by atoms with Crippen LogP contribution in [-0.2, 0) is 15.5 Å². The van der Waals surface area contributed by atoms with E-state index in [9.17, 15) is 18.1 Å². The average Bonchev–Trinajstić information content (AvgIpc) is 3.24. The topological polar surface area (TPSA) is 125 Å². The van der Waals surface area contributed by atoms with Crippen LogP contribution in [0.25, 0.3) is 10.6 Å². The zero-order valence-corrected chi connectivity index (χ0v) is 20.2. The molecule has 1 aromatic carbocycles. The second kappa shape index (κ2) is 8.36. The van der Waals surface area contributed by atoms with Crippen molar-refractivity contribution in [2.45, 2.75) is 38.4 Å². The van der Waals surface area contributed by atoms with E-state index in [1.165, 1.54) is 23.5 Å². The number of anilines is 2. The van der Waals surface area contributed by atoms with Crippen molar-refractivity contribution in [2.24, 2.45) is 0 Å². The molecule has 1 aliphatic carbocycles. The van der Waals surface area contributed by atoms with Crippen LogP contribution in [0.2, 0.25) is 0 Å². The highest BCUT2D eigenvalue weighted by Crippen LogP contribution is 2.40. The molecule has 0 amide bonds. The number of nitrogens with one attached hydrogen (secondary N) is 1. The summed E-state index contributed by atoms with van der Waals surface area (Å²) in [6.45, 7) is 7.43. The van der Waals surface area contributed by atoms with Gasteiger partial charge in [0.2, 0.25) is 5.13 Å². The van der Waals surface area contributed by atoms with Gasteiger partial charge < -0.3 is 10.4 Å². The van der Waals surface area contributed by atoms with Crippen LogP contribution in [0.3, 0.4) is 0 Å². The Hall–Kier alpha value is -3.08. The normalized spacial score (nSPS) is 20.2. The summed E-state index contributed by atoms with van der Waals surface area (Å²) in [4.78, 5) is 4.43. The van der Waals surface area contributed by atoms with Crippen molar-refractivity contribution in [1.29, 1.82) is 0 Å². The molecule has 0 unspecified atom stereocenters. The number of allylic oxidation sites excluding steroid dienone is 2. The molecule has 0 saturated heterocycles. The van der Waals surface area contributed by atoms with Crippen LogP contribution in [0.4, 0.5) is 10.9 Å². The Kier molecular flexibility index (Phi) is 5.85. The Labute approximate surface area is 196 Å². The lowest BCUT2D eigenvalue weighted by atomic mass is 9.77. The van der Waals surface area contributed by atoms with Gasteiger partial charge in [0.15, 0.2) is 0 Å². The minimum absolute atomic E-state index is 0.183. The van der Waals surface area contributed by atoms with E-state index in [4.69, 9.17) is 0 Å². The van der Waals surface area contributed by atoms with Gasteiger partial charge in [-0.25, -0.2) is 4.98 Å². The molecular weight excluding hydrogens is 460 g/mol. The van der Waals surface area contributed by atoms with Crippen molar-refractivity contribution < 1.29 is 18.1 Å². The fourth-order valence-corrected chi connectivity index (χ4v) is 5.10. The number of aromatic hydroxyl groups is 1. The SMILES string of the molecule is Cc1nc(Nc2nnc(-c3ccccc3C3(C)C=CC(S(=O)(=O)O)C=C3)s2)c(C)c(C)c1O. The van der Waals surface area contributed by atoms with Crippen molar-refractivity contribution in [1.82, 2.24) is 15.2 Å². The minimum Gasteiger partial charge on any atom is -0.506 e. The molecule has 3 N–H and O–H groups in total. The molecule has 0 spiro atoms. The summed E-state index contributed by atoms with van der Waals surface area (Å²) in [5, 5.41) is 22.1. The highest BCUT2D eigenvalue weighted by molar-refractivity contribution is 7.86. The van der Waals surface area contributed by atoms with E-state index in [0.717, 1.165) is 22.3 Å². The molecule has 1 aliphatic rings. The molecule has 33 heavy (non-hydrogen) atoms. The number of aromatic nitrogens is 3. The molecule has 2 heterocycles. The van der Waals surface area contributed by atoms with Gasteiger partial charge in [0.05, 0.1) is 5.69 Å². The lowest BCUT2D eigenvalue weighted by molar-refractivity contribution is 0.463. The molecule has 0 fully saturated rings. The van der Waals surface area contributed by atoms with Gasteiger partial charge in [0.25, 0.3) is 10.1 Å². The first-order valence-corrected chi connectivity index (χ1v) is 12.5. The van der Waals surface area contributed by atoms with Crippen molar-refractivity contribution in [3.8, 4) is 16.3 Å². The molecule has 2 aromatic heterocycles. The summed E-state index contributed by atoms with van der Waals surface area (Å²) in [7, 11) is -4.18. The maximum Gasteiger partial charge on any atom is 0.275 e. The van der Waals surface area contributed by atoms with Gasteiger partial charge in [-0.3, -0.25) is 4.55 Å². The van der Waals surface area contributed by atoms with Crippen molar-refractivity contribution >= 4 is 32.4 Å². The number of benzene rings is 1. The number of rotatable bonds is 5. The Morgan fingerprint density at radius 2 is 1.73 bits per heavy atom. The average molecular weight is 485 g/mol. The van der Waals surface area contributed by atoms with Crippen LogP contribution >= 0.6 is 11.3 Å². The van der Waals surface area contributed by atoms with Gasteiger partial charge in [-0.1, -0.05) is 59.9 Å². The Balaban J connectivity index is 1.67. The molecule has 8 nitrogen and oxygen atoms in total. The number of hydrogen-bond donors (Lipinski definition) is 3. The summed E-state index contributed by atoms with van der Waals surface area (Å²) < 4.78 is 32.3. The van der Waals surface area contributed by atoms with E-state index in [-0.39, 0.29) is 5.75 Å². The second-order valence-electron chi connectivity index (χ2n) is 8.21. The van der Waals surface area contributed by atoms with Crippen molar-refractivity contribution in [3.63, 3.8) is 0 Å². The van der Waals surface area contributed by atoms with Crippen molar-refractivity contribution in [2.75, 3.05) is 5.32 Å². The summed E-state index contributed by atoms with van der Waals surface area (Å²) >= 11 is 1.37. The quantitative estimate of drug-likeness (QED) is 0.354. The molecule has 10 heteroatoms. The summed E-state index contributed by atoms with van der Waals surface area (Å²) in [5.41, 5.74) is 3.33. The molecule has 0 bridgehead atoms.